The second kappa shape index (κ2) is 6.41. The molecule has 0 aromatic heterocycles. The van der Waals surface area contributed by atoms with Gasteiger partial charge in [-0.1, -0.05) is 34.6 Å². The molecule has 0 radical (unpaired) electrons. The average molecular weight is 279 g/mol. The largest absolute Gasteiger partial charge is 0.0628 e. The van der Waals surface area contributed by atoms with Gasteiger partial charge in [0.25, 0.3) is 0 Å². The molecule has 0 aromatic carbocycles. The summed E-state index contributed by atoms with van der Waals surface area (Å²) in [4.78, 5) is 0. The maximum atomic E-state index is 2.41. The van der Waals surface area contributed by atoms with E-state index >= 15 is 0 Å². The van der Waals surface area contributed by atoms with Gasteiger partial charge in [-0.2, -0.15) is 0 Å². The Labute approximate surface area is 128 Å². The lowest BCUT2D eigenvalue weighted by atomic mass is 9.60. The minimum Gasteiger partial charge on any atom is -0.0628 e. The summed E-state index contributed by atoms with van der Waals surface area (Å²) in [7, 11) is 0. The molecule has 2 fully saturated rings. The molecule has 0 nitrogen and oxygen atoms in total. The summed E-state index contributed by atoms with van der Waals surface area (Å²) in [5, 5.41) is 0. The highest BCUT2D eigenvalue weighted by Gasteiger charge is 2.38. The average Bonchev–Trinajstić information content (AvgIpc) is 2.33. The van der Waals surface area contributed by atoms with Crippen molar-refractivity contribution in [1.29, 1.82) is 0 Å². The normalized spacial score (nSPS) is 35.7. The first-order chi connectivity index (χ1) is 9.28. The Kier molecular flexibility index (Phi) is 5.24. The van der Waals surface area contributed by atoms with Crippen LogP contribution in [0.15, 0.2) is 0 Å². The van der Waals surface area contributed by atoms with Gasteiger partial charge in [0, 0.05) is 0 Å². The molecule has 0 saturated heterocycles. The molecule has 2 aliphatic carbocycles. The number of rotatable bonds is 3. The first-order valence-corrected chi connectivity index (χ1v) is 9.28. The molecule has 0 amide bonds. The summed E-state index contributed by atoms with van der Waals surface area (Å²) in [6.07, 6.45) is 15.2. The molecule has 0 atom stereocenters. The molecule has 0 heteroatoms. The van der Waals surface area contributed by atoms with Crippen molar-refractivity contribution in [3.05, 3.63) is 0 Å². The molecule has 0 heterocycles. The molecule has 20 heavy (non-hydrogen) atoms. The van der Waals surface area contributed by atoms with Crippen LogP contribution in [-0.2, 0) is 0 Å². The van der Waals surface area contributed by atoms with Crippen LogP contribution in [0.25, 0.3) is 0 Å². The highest BCUT2D eigenvalue weighted by molar-refractivity contribution is 4.90. The van der Waals surface area contributed by atoms with Crippen molar-refractivity contribution in [2.45, 2.75) is 98.8 Å². The fourth-order valence-corrected chi connectivity index (χ4v) is 5.05. The Morgan fingerprint density at radius 3 is 1.70 bits per heavy atom. The lowest BCUT2D eigenvalue weighted by Gasteiger charge is -2.46. The van der Waals surface area contributed by atoms with Crippen LogP contribution in [0, 0.1) is 28.6 Å². The molecule has 0 bridgehead atoms. The van der Waals surface area contributed by atoms with Gasteiger partial charge in [0.15, 0.2) is 0 Å². The summed E-state index contributed by atoms with van der Waals surface area (Å²) >= 11 is 0. The van der Waals surface area contributed by atoms with E-state index in [-0.39, 0.29) is 0 Å². The van der Waals surface area contributed by atoms with Gasteiger partial charge in [0.05, 0.1) is 0 Å². The van der Waals surface area contributed by atoms with Crippen molar-refractivity contribution in [2.24, 2.45) is 28.6 Å². The Morgan fingerprint density at radius 2 is 1.30 bits per heavy atom. The predicted octanol–water partition coefficient (Wildman–Crippen LogP) is 6.84. The molecule has 0 N–H and O–H groups in total. The lowest BCUT2D eigenvalue weighted by Crippen LogP contribution is -2.33. The summed E-state index contributed by atoms with van der Waals surface area (Å²) < 4.78 is 0. The van der Waals surface area contributed by atoms with Crippen molar-refractivity contribution in [1.82, 2.24) is 0 Å². The van der Waals surface area contributed by atoms with E-state index in [1.807, 2.05) is 0 Å². The third kappa shape index (κ3) is 4.78. The summed E-state index contributed by atoms with van der Waals surface area (Å²) in [5.74, 6) is 2.97. The number of hydrogen-bond donors (Lipinski definition) is 0. The topological polar surface area (TPSA) is 0 Å². The highest BCUT2D eigenvalue weighted by Crippen LogP contribution is 2.52. The van der Waals surface area contributed by atoms with Crippen LogP contribution >= 0.6 is 0 Å². The molecule has 0 unspecified atom stereocenters. The van der Waals surface area contributed by atoms with Crippen LogP contribution in [0.1, 0.15) is 98.8 Å². The van der Waals surface area contributed by atoms with Gasteiger partial charge in [-0.15, -0.1) is 0 Å². The fourth-order valence-electron chi connectivity index (χ4n) is 5.05. The van der Waals surface area contributed by atoms with Gasteiger partial charge in [-0.25, -0.2) is 0 Å². The van der Waals surface area contributed by atoms with Crippen LogP contribution in [0.2, 0.25) is 0 Å². The van der Waals surface area contributed by atoms with E-state index < -0.39 is 0 Å². The molecule has 2 saturated carbocycles. The zero-order chi connectivity index (χ0) is 14.8. The second-order valence-corrected chi connectivity index (χ2v) is 9.78. The molecule has 2 rings (SSSR count). The minimum atomic E-state index is 0.532. The zero-order valence-corrected chi connectivity index (χ0v) is 14.8. The van der Waals surface area contributed by atoms with Crippen LogP contribution in [0.3, 0.4) is 0 Å². The van der Waals surface area contributed by atoms with Gasteiger partial charge in [-0.05, 0) is 92.8 Å². The minimum absolute atomic E-state index is 0.532. The van der Waals surface area contributed by atoms with Gasteiger partial charge in [-0.3, -0.25) is 0 Å². The van der Waals surface area contributed by atoms with Crippen LogP contribution < -0.4 is 0 Å². The van der Waals surface area contributed by atoms with Crippen molar-refractivity contribution < 1.29 is 0 Å². The lowest BCUT2D eigenvalue weighted by molar-refractivity contribution is 0.0605. The molecular weight excluding hydrogens is 240 g/mol. The molecular formula is C20H38. The quantitative estimate of drug-likeness (QED) is 0.530. The van der Waals surface area contributed by atoms with Crippen molar-refractivity contribution in [2.75, 3.05) is 0 Å². The fraction of sp³-hybridized carbons (Fsp3) is 1.00. The molecule has 0 aromatic rings. The van der Waals surface area contributed by atoms with Crippen molar-refractivity contribution in [3.63, 3.8) is 0 Å². The van der Waals surface area contributed by atoms with E-state index in [1.165, 1.54) is 38.5 Å². The molecule has 2 aliphatic rings. The van der Waals surface area contributed by atoms with Crippen LogP contribution in [0.4, 0.5) is 0 Å². The van der Waals surface area contributed by atoms with Crippen molar-refractivity contribution >= 4 is 0 Å². The Bertz CT molecular complexity index is 276. The highest BCUT2D eigenvalue weighted by atomic mass is 14.4. The molecule has 0 aliphatic heterocycles. The van der Waals surface area contributed by atoms with E-state index in [1.54, 1.807) is 25.7 Å². The summed E-state index contributed by atoms with van der Waals surface area (Å²) in [5.41, 5.74) is 1.31. The van der Waals surface area contributed by atoms with E-state index in [9.17, 15) is 0 Å². The number of hydrogen-bond acceptors (Lipinski definition) is 0. The SMILES string of the molecule is CC(C)CC1CCC2(CC1)CCC(CC(C)(C)C)CC2. The van der Waals surface area contributed by atoms with Crippen LogP contribution in [-0.4, -0.2) is 0 Å². The smallest absolute Gasteiger partial charge is 0.0297 e. The van der Waals surface area contributed by atoms with Crippen molar-refractivity contribution in [3.8, 4) is 0 Å². The monoisotopic (exact) mass is 278 g/mol. The zero-order valence-electron chi connectivity index (χ0n) is 14.8. The van der Waals surface area contributed by atoms with Gasteiger partial charge in [0.2, 0.25) is 0 Å². The van der Waals surface area contributed by atoms with E-state index in [2.05, 4.69) is 34.6 Å². The first-order valence-electron chi connectivity index (χ1n) is 9.28. The van der Waals surface area contributed by atoms with Gasteiger partial charge in [0.1, 0.15) is 0 Å². The Balaban J connectivity index is 1.76. The van der Waals surface area contributed by atoms with E-state index in [4.69, 9.17) is 0 Å². The van der Waals surface area contributed by atoms with E-state index in [0.29, 0.717) is 5.41 Å². The van der Waals surface area contributed by atoms with E-state index in [0.717, 1.165) is 23.2 Å². The molecule has 118 valence electrons. The first kappa shape index (κ1) is 16.4. The summed E-state index contributed by atoms with van der Waals surface area (Å²) in [6, 6.07) is 0. The Hall–Kier alpha value is 0. The second-order valence-electron chi connectivity index (χ2n) is 9.78. The third-order valence-electron chi connectivity index (χ3n) is 6.04. The molecule has 1 spiro atoms. The Morgan fingerprint density at radius 1 is 0.850 bits per heavy atom. The standard InChI is InChI=1S/C20H38/c1-16(2)14-17-6-10-20(11-7-17)12-8-18(9-13-20)15-19(3,4)5/h16-18H,6-15H2,1-5H3. The van der Waals surface area contributed by atoms with Crippen LogP contribution in [0.5, 0.6) is 0 Å². The summed E-state index contributed by atoms with van der Waals surface area (Å²) in [6.45, 7) is 12.0. The maximum absolute atomic E-state index is 2.41. The maximum Gasteiger partial charge on any atom is -0.0297 e. The predicted molar refractivity (Wildman–Crippen MR) is 89.9 cm³/mol. The van der Waals surface area contributed by atoms with Gasteiger partial charge < -0.3 is 0 Å². The third-order valence-corrected chi connectivity index (χ3v) is 6.04. The van der Waals surface area contributed by atoms with Gasteiger partial charge >= 0.3 is 0 Å².